The largest absolute Gasteiger partial charge is 0.475 e. The standard InChI is InChI=1S/C46H42N4O/c1-28-15-17-39-36(20-28)37-21-29(2)41(50-40-18-16-31(30-12-9-8-10-13-30)24-38(40)35-14-11-19-47-43(35)50)26-42(37)49(39)34-23-32(22-33(25-34)45(3,4)5)44-48-46(6,7)27-51-44/h8-26H,27H2,1-7H3/i6D3/t46-/m0/s1. The van der Waals surface area contributed by atoms with E-state index in [0.29, 0.717) is 5.90 Å². The molecule has 0 bridgehead atoms. The van der Waals surface area contributed by atoms with Gasteiger partial charge < -0.3 is 9.30 Å². The maximum atomic E-state index is 8.16. The van der Waals surface area contributed by atoms with Gasteiger partial charge in [0.15, 0.2) is 0 Å². The molecule has 9 rings (SSSR count). The van der Waals surface area contributed by atoms with Crippen molar-refractivity contribution in [1.29, 1.82) is 0 Å². The Balaban J connectivity index is 1.32. The van der Waals surface area contributed by atoms with E-state index < -0.39 is 12.4 Å². The van der Waals surface area contributed by atoms with Crippen LogP contribution in [0.4, 0.5) is 0 Å². The average molecular weight is 670 g/mol. The summed E-state index contributed by atoms with van der Waals surface area (Å²) in [5.74, 6) is 0.361. The molecule has 0 aliphatic carbocycles. The minimum absolute atomic E-state index is 0.00483. The molecule has 0 fully saturated rings. The number of benzene rings is 5. The predicted molar refractivity (Wildman–Crippen MR) is 213 cm³/mol. The van der Waals surface area contributed by atoms with Gasteiger partial charge in [0.1, 0.15) is 12.3 Å². The highest BCUT2D eigenvalue weighted by Gasteiger charge is 2.29. The fourth-order valence-electron chi connectivity index (χ4n) is 7.64. The van der Waals surface area contributed by atoms with Crippen LogP contribution in [0.1, 0.15) is 60.9 Å². The number of aliphatic imine (C=N–C) groups is 1. The number of aryl methyl sites for hydroxylation is 2. The number of rotatable bonds is 4. The summed E-state index contributed by atoms with van der Waals surface area (Å²) in [5.41, 5.74) is 11.2. The molecule has 5 aromatic carbocycles. The summed E-state index contributed by atoms with van der Waals surface area (Å²) >= 11 is 0. The van der Waals surface area contributed by atoms with Gasteiger partial charge in [-0.2, -0.15) is 0 Å². The van der Waals surface area contributed by atoms with Crippen LogP contribution in [0, 0.1) is 13.8 Å². The fraction of sp³-hybridized carbons (Fsp3) is 0.217. The highest BCUT2D eigenvalue weighted by Crippen LogP contribution is 2.40. The Morgan fingerprint density at radius 2 is 1.47 bits per heavy atom. The molecule has 1 aliphatic rings. The summed E-state index contributed by atoms with van der Waals surface area (Å²) < 4.78 is 35.2. The van der Waals surface area contributed by atoms with Crippen molar-refractivity contribution in [3.8, 4) is 22.5 Å². The van der Waals surface area contributed by atoms with Gasteiger partial charge >= 0.3 is 0 Å². The third-order valence-electron chi connectivity index (χ3n) is 10.2. The lowest BCUT2D eigenvalue weighted by atomic mass is 9.85. The topological polar surface area (TPSA) is 44.3 Å². The van der Waals surface area contributed by atoms with Gasteiger partial charge in [0.25, 0.3) is 0 Å². The molecule has 5 heteroatoms. The van der Waals surface area contributed by atoms with Gasteiger partial charge in [-0.3, -0.25) is 4.57 Å². The number of ether oxygens (including phenoxy) is 1. The van der Waals surface area contributed by atoms with Crippen molar-refractivity contribution in [3.63, 3.8) is 0 Å². The molecule has 1 aliphatic heterocycles. The minimum atomic E-state index is -2.29. The lowest BCUT2D eigenvalue weighted by Gasteiger charge is -2.22. The van der Waals surface area contributed by atoms with Gasteiger partial charge in [-0.05, 0) is 122 Å². The summed E-state index contributed by atoms with van der Waals surface area (Å²) in [6, 6.07) is 39.0. The van der Waals surface area contributed by atoms with Crippen LogP contribution >= 0.6 is 0 Å². The summed E-state index contributed by atoms with van der Waals surface area (Å²) in [4.78, 5) is 9.66. The van der Waals surface area contributed by atoms with E-state index in [-0.39, 0.29) is 12.0 Å². The zero-order chi connectivity index (χ0) is 37.7. The first kappa shape index (κ1) is 28.1. The second-order valence-corrected chi connectivity index (χ2v) is 15.3. The van der Waals surface area contributed by atoms with Crippen LogP contribution in [0.25, 0.3) is 66.2 Å². The van der Waals surface area contributed by atoms with Gasteiger partial charge in [-0.25, -0.2) is 9.98 Å². The first-order chi connectivity index (χ1) is 25.7. The summed E-state index contributed by atoms with van der Waals surface area (Å²) in [6.45, 7) is 10.2. The number of aromatic nitrogens is 3. The van der Waals surface area contributed by atoms with Crippen molar-refractivity contribution < 1.29 is 8.85 Å². The van der Waals surface area contributed by atoms with Gasteiger partial charge in [0, 0.05) is 43.1 Å². The number of pyridine rings is 1. The Morgan fingerprint density at radius 1 is 0.706 bits per heavy atom. The Labute approximate surface area is 303 Å². The number of hydrogen-bond donors (Lipinski definition) is 0. The van der Waals surface area contributed by atoms with Crippen LogP contribution in [0.3, 0.4) is 0 Å². The number of nitrogens with zero attached hydrogens (tertiary/aromatic N) is 4. The first-order valence-corrected chi connectivity index (χ1v) is 17.6. The predicted octanol–water partition coefficient (Wildman–Crippen LogP) is 11.4. The molecular weight excluding hydrogens is 625 g/mol. The summed E-state index contributed by atoms with van der Waals surface area (Å²) in [5, 5.41) is 4.57. The molecule has 0 saturated carbocycles. The Kier molecular flexibility index (Phi) is 6.14. The maximum Gasteiger partial charge on any atom is 0.216 e. The molecule has 5 nitrogen and oxygen atoms in total. The van der Waals surface area contributed by atoms with Gasteiger partial charge in [-0.1, -0.05) is 68.8 Å². The molecule has 0 radical (unpaired) electrons. The van der Waals surface area contributed by atoms with E-state index in [1.54, 1.807) is 6.92 Å². The van der Waals surface area contributed by atoms with E-state index in [0.717, 1.165) is 66.4 Å². The number of hydrogen-bond acceptors (Lipinski definition) is 3. The second kappa shape index (κ2) is 11.2. The SMILES string of the molecule is [2H]C([2H])([2H])[C@]1(C)COC(c2cc(-n3c4ccc(C)cc4c4cc(C)c(-n5c6ccc(-c7ccccc7)cc6c6cccnc65)cc43)cc(C(C)(C)C)c2)=N1. The molecule has 0 spiro atoms. The van der Waals surface area contributed by atoms with Gasteiger partial charge in [0.05, 0.1) is 27.8 Å². The van der Waals surface area contributed by atoms with Crippen molar-refractivity contribution in [2.24, 2.45) is 4.99 Å². The molecule has 4 heterocycles. The molecule has 0 N–H and O–H groups in total. The summed E-state index contributed by atoms with van der Waals surface area (Å²) in [6.07, 6.45) is 1.87. The van der Waals surface area contributed by atoms with Crippen molar-refractivity contribution in [2.45, 2.75) is 59.3 Å². The van der Waals surface area contributed by atoms with Crippen LogP contribution in [0.2, 0.25) is 0 Å². The second-order valence-electron chi connectivity index (χ2n) is 15.3. The van der Waals surface area contributed by atoms with E-state index in [2.05, 4.69) is 141 Å². The summed E-state index contributed by atoms with van der Waals surface area (Å²) in [7, 11) is 0. The average Bonchev–Trinajstić information content (AvgIpc) is 3.81. The van der Waals surface area contributed by atoms with E-state index in [9.17, 15) is 0 Å². The third kappa shape index (κ3) is 5.14. The van der Waals surface area contributed by atoms with Crippen LogP contribution in [0.5, 0.6) is 0 Å². The van der Waals surface area contributed by atoms with Gasteiger partial charge in [0.2, 0.25) is 5.90 Å². The Hall–Kier alpha value is -5.68. The van der Waals surface area contributed by atoms with E-state index in [4.69, 9.17) is 18.8 Å². The molecule has 3 aromatic heterocycles. The molecule has 8 aromatic rings. The lowest BCUT2D eigenvalue weighted by Crippen LogP contribution is -2.17. The van der Waals surface area contributed by atoms with Crippen LogP contribution < -0.4 is 0 Å². The Bertz CT molecular complexity index is 2840. The third-order valence-corrected chi connectivity index (χ3v) is 10.2. The van der Waals surface area contributed by atoms with Crippen LogP contribution in [-0.2, 0) is 10.2 Å². The highest BCUT2D eigenvalue weighted by atomic mass is 16.5. The molecule has 51 heavy (non-hydrogen) atoms. The van der Waals surface area contributed by atoms with E-state index in [1.165, 1.54) is 22.1 Å². The zero-order valence-electron chi connectivity index (χ0n) is 32.9. The molecule has 0 saturated heterocycles. The van der Waals surface area contributed by atoms with Crippen molar-refractivity contribution in [1.82, 2.24) is 14.1 Å². The smallest absolute Gasteiger partial charge is 0.216 e. The van der Waals surface area contributed by atoms with Crippen molar-refractivity contribution >= 4 is 49.6 Å². The van der Waals surface area contributed by atoms with Crippen molar-refractivity contribution in [2.75, 3.05) is 6.61 Å². The van der Waals surface area contributed by atoms with E-state index >= 15 is 0 Å². The minimum Gasteiger partial charge on any atom is -0.475 e. The molecule has 0 unspecified atom stereocenters. The lowest BCUT2D eigenvalue weighted by molar-refractivity contribution is 0.279. The monoisotopic (exact) mass is 669 g/mol. The fourth-order valence-corrected chi connectivity index (χ4v) is 7.64. The van der Waals surface area contributed by atoms with Gasteiger partial charge in [-0.15, -0.1) is 0 Å². The van der Waals surface area contributed by atoms with Crippen LogP contribution in [-0.4, -0.2) is 32.2 Å². The quantitative estimate of drug-likeness (QED) is 0.187. The maximum absolute atomic E-state index is 8.16. The Morgan fingerprint density at radius 3 is 2.25 bits per heavy atom. The highest BCUT2D eigenvalue weighted by molar-refractivity contribution is 6.12. The molecule has 1 atom stereocenters. The van der Waals surface area contributed by atoms with Crippen LogP contribution in [0.15, 0.2) is 120 Å². The van der Waals surface area contributed by atoms with E-state index in [1.807, 2.05) is 18.3 Å². The molecule has 0 amide bonds. The van der Waals surface area contributed by atoms with Crippen molar-refractivity contribution in [3.05, 3.63) is 138 Å². The zero-order valence-corrected chi connectivity index (χ0v) is 29.9. The molecule has 252 valence electrons. The first-order valence-electron chi connectivity index (χ1n) is 19.1. The number of fused-ring (bicyclic) bond motifs is 6. The normalized spacial score (nSPS) is 17.5. The molecular formula is C46H42N4O.